The van der Waals surface area contributed by atoms with Gasteiger partial charge in [0.2, 0.25) is 0 Å². The summed E-state index contributed by atoms with van der Waals surface area (Å²) >= 11 is 0. The Hall–Kier alpha value is -2.24. The third-order valence-corrected chi connectivity index (χ3v) is 3.01. The number of imidazole rings is 1. The zero-order chi connectivity index (χ0) is 13.6. The van der Waals surface area contributed by atoms with Crippen molar-refractivity contribution < 1.29 is 4.57 Å². The van der Waals surface area contributed by atoms with E-state index >= 15 is 0 Å². The van der Waals surface area contributed by atoms with Gasteiger partial charge in [-0.1, -0.05) is 20.8 Å². The van der Waals surface area contributed by atoms with Crippen molar-refractivity contribution >= 4 is 5.65 Å². The molecule has 0 saturated heterocycles. The standard InChI is InChI=1S/C13H17N6/c1-13(2,3)10-7-11-14-8-15-12(19(11)16-10)18-6-5-17(4)9-18/h5-9H,1-4H3/q+1. The Morgan fingerprint density at radius 3 is 2.63 bits per heavy atom. The van der Waals surface area contributed by atoms with Crippen LogP contribution >= 0.6 is 0 Å². The number of hydrogen-bond acceptors (Lipinski definition) is 3. The van der Waals surface area contributed by atoms with Crippen LogP contribution in [0.15, 0.2) is 31.1 Å². The van der Waals surface area contributed by atoms with Crippen LogP contribution in [0.25, 0.3) is 11.6 Å². The summed E-state index contributed by atoms with van der Waals surface area (Å²) in [4.78, 5) is 8.60. The molecule has 0 spiro atoms. The first-order chi connectivity index (χ1) is 8.95. The Labute approximate surface area is 111 Å². The zero-order valence-electron chi connectivity index (χ0n) is 11.6. The van der Waals surface area contributed by atoms with Crippen LogP contribution in [0, 0.1) is 0 Å². The summed E-state index contributed by atoms with van der Waals surface area (Å²) in [5.74, 6) is 0.737. The number of nitrogens with zero attached hydrogens (tertiary/aromatic N) is 6. The molecule has 0 N–H and O–H groups in total. The molecular weight excluding hydrogens is 240 g/mol. The van der Waals surface area contributed by atoms with Gasteiger partial charge < -0.3 is 0 Å². The summed E-state index contributed by atoms with van der Waals surface area (Å²) < 4.78 is 5.66. The maximum Gasteiger partial charge on any atom is 0.330 e. The highest BCUT2D eigenvalue weighted by molar-refractivity contribution is 5.42. The SMILES string of the molecule is C[n+]1ccn(-c2ncnc3cc(C(C)(C)C)nn23)c1. The average Bonchev–Trinajstić information content (AvgIpc) is 2.93. The molecule has 3 aromatic heterocycles. The van der Waals surface area contributed by atoms with Gasteiger partial charge in [-0.05, 0) is 0 Å². The van der Waals surface area contributed by atoms with Gasteiger partial charge in [0.1, 0.15) is 18.7 Å². The zero-order valence-corrected chi connectivity index (χ0v) is 11.6. The number of aromatic nitrogens is 6. The normalized spacial score (nSPS) is 12.2. The monoisotopic (exact) mass is 257 g/mol. The summed E-state index contributed by atoms with van der Waals surface area (Å²) in [6.45, 7) is 6.41. The molecule has 98 valence electrons. The summed E-state index contributed by atoms with van der Waals surface area (Å²) in [5, 5.41) is 4.63. The summed E-state index contributed by atoms with van der Waals surface area (Å²) in [7, 11) is 1.97. The van der Waals surface area contributed by atoms with E-state index in [-0.39, 0.29) is 5.41 Å². The van der Waals surface area contributed by atoms with Crippen molar-refractivity contribution in [3.05, 3.63) is 36.8 Å². The summed E-state index contributed by atoms with van der Waals surface area (Å²) in [6, 6.07) is 2.01. The van der Waals surface area contributed by atoms with Gasteiger partial charge in [0.15, 0.2) is 5.65 Å². The molecule has 0 aliphatic heterocycles. The first-order valence-corrected chi connectivity index (χ1v) is 6.20. The lowest BCUT2D eigenvalue weighted by atomic mass is 9.93. The van der Waals surface area contributed by atoms with Crippen molar-refractivity contribution in [2.45, 2.75) is 26.2 Å². The molecule has 0 atom stereocenters. The first-order valence-electron chi connectivity index (χ1n) is 6.20. The van der Waals surface area contributed by atoms with Crippen LogP contribution < -0.4 is 4.57 Å². The fourth-order valence-corrected chi connectivity index (χ4v) is 1.92. The number of rotatable bonds is 1. The summed E-state index contributed by atoms with van der Waals surface area (Å²) in [5.41, 5.74) is 1.81. The molecule has 6 nitrogen and oxygen atoms in total. The van der Waals surface area contributed by atoms with E-state index in [1.165, 1.54) is 0 Å². The maximum absolute atomic E-state index is 4.63. The van der Waals surface area contributed by atoms with Crippen LogP contribution in [0.4, 0.5) is 0 Å². The highest BCUT2D eigenvalue weighted by Crippen LogP contribution is 2.21. The largest absolute Gasteiger partial charge is 0.330 e. The van der Waals surface area contributed by atoms with Crippen LogP contribution in [0.3, 0.4) is 0 Å². The van der Waals surface area contributed by atoms with Crippen molar-refractivity contribution in [3.63, 3.8) is 0 Å². The predicted molar refractivity (Wildman–Crippen MR) is 70.0 cm³/mol. The van der Waals surface area contributed by atoms with Crippen molar-refractivity contribution in [2.24, 2.45) is 7.05 Å². The van der Waals surface area contributed by atoms with Gasteiger partial charge in [-0.3, -0.25) is 0 Å². The van der Waals surface area contributed by atoms with Crippen molar-refractivity contribution in [1.29, 1.82) is 0 Å². The average molecular weight is 257 g/mol. The molecule has 3 heterocycles. The topological polar surface area (TPSA) is 51.9 Å². The van der Waals surface area contributed by atoms with E-state index in [0.717, 1.165) is 17.3 Å². The molecule has 3 aromatic rings. The first kappa shape index (κ1) is 11.8. The van der Waals surface area contributed by atoms with Crippen molar-refractivity contribution in [1.82, 2.24) is 24.1 Å². The minimum atomic E-state index is -0.00761. The molecule has 0 amide bonds. The Morgan fingerprint density at radius 1 is 1.21 bits per heavy atom. The molecule has 19 heavy (non-hydrogen) atoms. The molecule has 0 saturated carbocycles. The minimum Gasteiger partial charge on any atom is -0.239 e. The van der Waals surface area contributed by atoms with E-state index in [1.54, 1.807) is 10.8 Å². The predicted octanol–water partition coefficient (Wildman–Crippen LogP) is 1.04. The van der Waals surface area contributed by atoms with E-state index in [1.807, 2.05) is 41.0 Å². The highest BCUT2D eigenvalue weighted by Gasteiger charge is 2.21. The van der Waals surface area contributed by atoms with Crippen molar-refractivity contribution in [3.8, 4) is 5.95 Å². The Balaban J connectivity index is 2.23. The van der Waals surface area contributed by atoms with Crippen LogP contribution in [0.5, 0.6) is 0 Å². The quantitative estimate of drug-likeness (QED) is 0.612. The molecule has 0 bridgehead atoms. The molecule has 6 heteroatoms. The molecule has 3 rings (SSSR count). The number of fused-ring (bicyclic) bond motifs is 1. The van der Waals surface area contributed by atoms with Gasteiger partial charge in [0.05, 0.1) is 12.7 Å². The Kier molecular flexibility index (Phi) is 2.41. The van der Waals surface area contributed by atoms with E-state index in [2.05, 4.69) is 35.8 Å². The highest BCUT2D eigenvalue weighted by atomic mass is 15.4. The summed E-state index contributed by atoms with van der Waals surface area (Å²) in [6.07, 6.45) is 7.42. The van der Waals surface area contributed by atoms with Crippen LogP contribution in [-0.4, -0.2) is 24.1 Å². The van der Waals surface area contributed by atoms with Crippen LogP contribution in [0.2, 0.25) is 0 Å². The lowest BCUT2D eigenvalue weighted by Crippen LogP contribution is -2.24. The van der Waals surface area contributed by atoms with Gasteiger partial charge in [0, 0.05) is 11.5 Å². The molecule has 0 aliphatic rings. The number of aryl methyl sites for hydroxylation is 1. The van der Waals surface area contributed by atoms with E-state index in [4.69, 9.17) is 0 Å². The lowest BCUT2D eigenvalue weighted by Gasteiger charge is -2.13. The van der Waals surface area contributed by atoms with E-state index < -0.39 is 0 Å². The van der Waals surface area contributed by atoms with Gasteiger partial charge in [-0.25, -0.2) is 9.55 Å². The molecule has 0 aromatic carbocycles. The van der Waals surface area contributed by atoms with Crippen molar-refractivity contribution in [2.75, 3.05) is 0 Å². The van der Waals surface area contributed by atoms with Gasteiger partial charge in [-0.15, -0.1) is 0 Å². The third-order valence-electron chi connectivity index (χ3n) is 3.01. The lowest BCUT2D eigenvalue weighted by molar-refractivity contribution is -0.670. The van der Waals surface area contributed by atoms with Gasteiger partial charge >= 0.3 is 5.95 Å². The maximum atomic E-state index is 4.63. The molecule has 0 fully saturated rings. The second-order valence-corrected chi connectivity index (χ2v) is 5.71. The second-order valence-electron chi connectivity index (χ2n) is 5.71. The minimum absolute atomic E-state index is 0.00761. The van der Waals surface area contributed by atoms with Crippen LogP contribution in [-0.2, 0) is 12.5 Å². The van der Waals surface area contributed by atoms with E-state index in [0.29, 0.717) is 0 Å². The molecule has 0 aliphatic carbocycles. The molecular formula is C13H17N6+. The Morgan fingerprint density at radius 2 is 2.00 bits per heavy atom. The number of hydrogen-bond donors (Lipinski definition) is 0. The fourth-order valence-electron chi connectivity index (χ4n) is 1.92. The van der Waals surface area contributed by atoms with E-state index in [9.17, 15) is 0 Å². The van der Waals surface area contributed by atoms with Gasteiger partial charge in [0.25, 0.3) is 6.33 Å². The molecule has 0 unspecified atom stereocenters. The third kappa shape index (κ3) is 1.99. The molecule has 0 radical (unpaired) electrons. The Bertz CT molecular complexity index is 731. The van der Waals surface area contributed by atoms with Gasteiger partial charge in [-0.2, -0.15) is 19.2 Å². The van der Waals surface area contributed by atoms with Crippen LogP contribution in [0.1, 0.15) is 26.5 Å². The smallest absolute Gasteiger partial charge is 0.239 e. The fraction of sp³-hybridized carbons (Fsp3) is 0.385. The second kappa shape index (κ2) is 3.88.